The molecule has 1 atom stereocenters. The average Bonchev–Trinajstić information content (AvgIpc) is 2.42. The van der Waals surface area contributed by atoms with Gasteiger partial charge < -0.3 is 14.6 Å². The molecule has 1 aromatic carbocycles. The van der Waals surface area contributed by atoms with E-state index in [0.29, 0.717) is 30.3 Å². The minimum atomic E-state index is -1.11. The van der Waals surface area contributed by atoms with Gasteiger partial charge in [0.25, 0.3) is 0 Å². The molecule has 4 heteroatoms. The highest BCUT2D eigenvalue weighted by Crippen LogP contribution is 2.21. The summed E-state index contributed by atoms with van der Waals surface area (Å²) in [6.45, 7) is 8.72. The van der Waals surface area contributed by atoms with E-state index >= 15 is 0 Å². The number of aliphatic hydroxyl groups excluding tert-OH is 1. The predicted molar refractivity (Wildman–Crippen MR) is 77.3 cm³/mol. The number of rotatable bonds is 7. The monoisotopic (exact) mass is 280 g/mol. The minimum absolute atomic E-state index is 0.272. The lowest BCUT2D eigenvalue weighted by Gasteiger charge is -2.17. The average molecular weight is 280 g/mol. The number of hydrogen-bond acceptors (Lipinski definition) is 4. The first-order valence-corrected chi connectivity index (χ1v) is 6.97. The minimum Gasteiger partial charge on any atom is -0.462 e. The molecule has 0 radical (unpaired) electrons. The second kappa shape index (κ2) is 8.02. The highest BCUT2D eigenvalue weighted by atomic mass is 16.6. The molecule has 0 spiro atoms. The van der Waals surface area contributed by atoms with Crippen LogP contribution < -0.4 is 0 Å². The van der Waals surface area contributed by atoms with E-state index in [2.05, 4.69) is 0 Å². The largest absolute Gasteiger partial charge is 0.462 e. The lowest BCUT2D eigenvalue weighted by Crippen LogP contribution is -2.16. The van der Waals surface area contributed by atoms with Crippen LogP contribution in [-0.2, 0) is 9.47 Å². The molecular formula is C16H24O4. The van der Waals surface area contributed by atoms with Crippen LogP contribution in [-0.4, -0.2) is 24.3 Å². The van der Waals surface area contributed by atoms with Crippen molar-refractivity contribution in [3.63, 3.8) is 0 Å². The fourth-order valence-corrected chi connectivity index (χ4v) is 1.59. The molecule has 1 aromatic rings. The molecule has 0 fully saturated rings. The van der Waals surface area contributed by atoms with Crippen LogP contribution in [0.25, 0.3) is 0 Å². The van der Waals surface area contributed by atoms with Gasteiger partial charge in [-0.2, -0.15) is 0 Å². The van der Waals surface area contributed by atoms with Crippen molar-refractivity contribution in [1.29, 1.82) is 0 Å². The standard InChI is InChI=1S/C16H24O4/c1-11(2)9-19-15(17)13-7-5-6-8-14(13)16(18)20-10-12(3)4/h5-8,11-12,15,17H,9-10H2,1-4H3. The highest BCUT2D eigenvalue weighted by Gasteiger charge is 2.19. The van der Waals surface area contributed by atoms with Crippen LogP contribution >= 0.6 is 0 Å². The molecule has 0 heterocycles. The number of carbonyl (C=O) groups is 1. The summed E-state index contributed by atoms with van der Waals surface area (Å²) in [5.74, 6) is 0.152. The van der Waals surface area contributed by atoms with Crippen LogP contribution in [0.4, 0.5) is 0 Å². The maximum Gasteiger partial charge on any atom is 0.338 e. The zero-order valence-electron chi connectivity index (χ0n) is 12.6. The fraction of sp³-hybridized carbons (Fsp3) is 0.562. The van der Waals surface area contributed by atoms with Gasteiger partial charge >= 0.3 is 5.97 Å². The summed E-state index contributed by atoms with van der Waals surface area (Å²) in [4.78, 5) is 12.0. The number of carbonyl (C=O) groups excluding carboxylic acids is 1. The van der Waals surface area contributed by atoms with Gasteiger partial charge in [0, 0.05) is 5.56 Å². The maximum atomic E-state index is 12.0. The SMILES string of the molecule is CC(C)COC(=O)c1ccccc1C(O)OCC(C)C. The summed E-state index contributed by atoms with van der Waals surface area (Å²) < 4.78 is 10.6. The molecule has 1 unspecified atom stereocenters. The van der Waals surface area contributed by atoms with E-state index < -0.39 is 12.3 Å². The molecule has 0 saturated carbocycles. The molecule has 0 aliphatic heterocycles. The van der Waals surface area contributed by atoms with Gasteiger partial charge in [-0.05, 0) is 17.9 Å². The van der Waals surface area contributed by atoms with E-state index in [4.69, 9.17) is 9.47 Å². The van der Waals surface area contributed by atoms with Gasteiger partial charge in [-0.3, -0.25) is 0 Å². The molecule has 0 saturated heterocycles. The predicted octanol–water partition coefficient (Wildman–Crippen LogP) is 3.16. The van der Waals surface area contributed by atoms with Crippen LogP contribution in [0.2, 0.25) is 0 Å². The van der Waals surface area contributed by atoms with Crippen molar-refractivity contribution in [2.75, 3.05) is 13.2 Å². The third-order valence-electron chi connectivity index (χ3n) is 2.58. The van der Waals surface area contributed by atoms with Gasteiger partial charge in [0.1, 0.15) is 0 Å². The Morgan fingerprint density at radius 1 is 1.10 bits per heavy atom. The Morgan fingerprint density at radius 2 is 1.70 bits per heavy atom. The van der Waals surface area contributed by atoms with Gasteiger partial charge in [-0.15, -0.1) is 0 Å². The summed E-state index contributed by atoms with van der Waals surface area (Å²) in [7, 11) is 0. The fourth-order valence-electron chi connectivity index (χ4n) is 1.59. The van der Waals surface area contributed by atoms with Crippen LogP contribution in [0.3, 0.4) is 0 Å². The summed E-state index contributed by atoms with van der Waals surface area (Å²) in [5, 5.41) is 10.0. The zero-order valence-corrected chi connectivity index (χ0v) is 12.6. The zero-order chi connectivity index (χ0) is 15.1. The Bertz CT molecular complexity index is 426. The number of benzene rings is 1. The Labute approximate surface area is 120 Å². The third kappa shape index (κ3) is 5.31. The molecule has 112 valence electrons. The summed E-state index contributed by atoms with van der Waals surface area (Å²) in [5.41, 5.74) is 0.798. The Balaban J connectivity index is 2.79. The Morgan fingerprint density at radius 3 is 2.30 bits per heavy atom. The number of hydrogen-bond donors (Lipinski definition) is 1. The van der Waals surface area contributed by atoms with E-state index in [1.807, 2.05) is 27.7 Å². The first kappa shape index (κ1) is 16.7. The maximum absolute atomic E-state index is 12.0. The molecule has 0 aliphatic rings. The van der Waals surface area contributed by atoms with Crippen LogP contribution in [0.5, 0.6) is 0 Å². The van der Waals surface area contributed by atoms with E-state index in [9.17, 15) is 9.90 Å². The lowest BCUT2D eigenvalue weighted by molar-refractivity contribution is -0.111. The molecule has 20 heavy (non-hydrogen) atoms. The molecule has 4 nitrogen and oxygen atoms in total. The molecule has 1 N–H and O–H groups in total. The van der Waals surface area contributed by atoms with Crippen molar-refractivity contribution in [2.24, 2.45) is 11.8 Å². The van der Waals surface area contributed by atoms with Gasteiger partial charge in [0.15, 0.2) is 6.29 Å². The van der Waals surface area contributed by atoms with E-state index in [0.717, 1.165) is 0 Å². The summed E-state index contributed by atoms with van der Waals surface area (Å²) >= 11 is 0. The molecule has 0 aliphatic carbocycles. The molecule has 0 aromatic heterocycles. The van der Waals surface area contributed by atoms with Gasteiger partial charge in [0.05, 0.1) is 18.8 Å². The third-order valence-corrected chi connectivity index (χ3v) is 2.58. The second-order valence-electron chi connectivity index (χ2n) is 5.66. The highest BCUT2D eigenvalue weighted by molar-refractivity contribution is 5.91. The van der Waals surface area contributed by atoms with E-state index in [1.54, 1.807) is 24.3 Å². The van der Waals surface area contributed by atoms with Gasteiger partial charge in [-0.25, -0.2) is 4.79 Å². The second-order valence-corrected chi connectivity index (χ2v) is 5.66. The van der Waals surface area contributed by atoms with Crippen molar-refractivity contribution < 1.29 is 19.4 Å². The normalized spacial score (nSPS) is 12.8. The quantitative estimate of drug-likeness (QED) is 0.615. The van der Waals surface area contributed by atoms with Crippen molar-refractivity contribution >= 4 is 5.97 Å². The van der Waals surface area contributed by atoms with E-state index in [-0.39, 0.29) is 5.92 Å². The molecule has 0 bridgehead atoms. The molecule has 1 rings (SSSR count). The van der Waals surface area contributed by atoms with Crippen LogP contribution in [0.1, 0.15) is 49.9 Å². The topological polar surface area (TPSA) is 55.8 Å². The molecular weight excluding hydrogens is 256 g/mol. The van der Waals surface area contributed by atoms with E-state index in [1.165, 1.54) is 0 Å². The van der Waals surface area contributed by atoms with Crippen molar-refractivity contribution in [3.05, 3.63) is 35.4 Å². The first-order valence-electron chi connectivity index (χ1n) is 6.97. The lowest BCUT2D eigenvalue weighted by atomic mass is 10.1. The number of ether oxygens (including phenoxy) is 2. The smallest absolute Gasteiger partial charge is 0.338 e. The number of aliphatic hydroxyl groups is 1. The summed E-state index contributed by atoms with van der Waals surface area (Å²) in [6.07, 6.45) is -1.11. The Hall–Kier alpha value is -1.39. The number of esters is 1. The first-order chi connectivity index (χ1) is 9.41. The van der Waals surface area contributed by atoms with Crippen molar-refractivity contribution in [3.8, 4) is 0 Å². The molecule has 0 amide bonds. The van der Waals surface area contributed by atoms with Crippen molar-refractivity contribution in [2.45, 2.75) is 34.0 Å². The van der Waals surface area contributed by atoms with Gasteiger partial charge in [0.2, 0.25) is 0 Å². The van der Waals surface area contributed by atoms with Crippen LogP contribution in [0.15, 0.2) is 24.3 Å². The van der Waals surface area contributed by atoms with Gasteiger partial charge in [-0.1, -0.05) is 45.9 Å². The van der Waals surface area contributed by atoms with Crippen LogP contribution in [0, 0.1) is 11.8 Å². The van der Waals surface area contributed by atoms with Crippen molar-refractivity contribution in [1.82, 2.24) is 0 Å². The summed E-state index contributed by atoms with van der Waals surface area (Å²) in [6, 6.07) is 6.82. The Kier molecular flexibility index (Phi) is 6.68.